The first-order chi connectivity index (χ1) is 10.6. The van der Waals surface area contributed by atoms with Crippen LogP contribution in [0, 0.1) is 0 Å². The number of ketones is 2. The topological polar surface area (TPSA) is 69.8 Å². The first-order valence-electron chi connectivity index (χ1n) is 8.60. The van der Waals surface area contributed by atoms with Crippen LogP contribution in [0.3, 0.4) is 0 Å². The lowest BCUT2D eigenvalue weighted by Crippen LogP contribution is -2.70. The van der Waals surface area contributed by atoms with Crippen molar-refractivity contribution < 1.29 is 19.6 Å². The molecule has 0 bridgehead atoms. The van der Waals surface area contributed by atoms with Crippen molar-refractivity contribution in [1.82, 2.24) is 10.1 Å². The normalized spacial score (nSPS) is 32.8. The largest absolute Gasteiger partial charge is 0.300 e. The molecule has 0 aromatic rings. The molecular formula is C18H31N2O4. The predicted octanol–water partition coefficient (Wildman–Crippen LogP) is 2.69. The highest BCUT2D eigenvalue weighted by atomic mass is 16.7. The van der Waals surface area contributed by atoms with Crippen molar-refractivity contribution in [3.63, 3.8) is 0 Å². The monoisotopic (exact) mass is 339 g/mol. The van der Waals surface area contributed by atoms with Gasteiger partial charge < -0.3 is 0 Å². The molecule has 0 aliphatic carbocycles. The van der Waals surface area contributed by atoms with Crippen molar-refractivity contribution in [3.8, 4) is 0 Å². The van der Waals surface area contributed by atoms with E-state index in [-0.39, 0.29) is 18.0 Å². The summed E-state index contributed by atoms with van der Waals surface area (Å²) in [6, 6.07) is 0. The van der Waals surface area contributed by atoms with E-state index in [0.29, 0.717) is 12.8 Å². The third kappa shape index (κ3) is 3.17. The Balaban J connectivity index is 2.35. The molecule has 2 saturated heterocycles. The lowest BCUT2D eigenvalue weighted by Gasteiger charge is -2.55. The number of carbonyl (C=O) groups is 2. The molecule has 24 heavy (non-hydrogen) atoms. The van der Waals surface area contributed by atoms with Gasteiger partial charge in [0.15, 0.2) is 11.9 Å². The lowest BCUT2D eigenvalue weighted by atomic mass is 9.78. The molecule has 0 saturated carbocycles. The number of carbonyl (C=O) groups excluding carboxylic acids is 2. The fourth-order valence-corrected chi connectivity index (χ4v) is 4.44. The van der Waals surface area contributed by atoms with Gasteiger partial charge in [-0.15, -0.1) is 10.3 Å². The second kappa shape index (κ2) is 5.59. The molecule has 137 valence electrons. The fourth-order valence-electron chi connectivity index (χ4n) is 4.44. The van der Waals surface area contributed by atoms with Crippen LogP contribution in [0.4, 0.5) is 0 Å². The molecule has 1 atom stereocenters. The number of nitrogens with zero attached hydrogens (tertiary/aromatic N) is 2. The van der Waals surface area contributed by atoms with E-state index in [9.17, 15) is 14.8 Å². The molecule has 0 amide bonds. The van der Waals surface area contributed by atoms with Crippen LogP contribution in [0.15, 0.2) is 0 Å². The van der Waals surface area contributed by atoms with Crippen LogP contribution in [0.25, 0.3) is 0 Å². The Morgan fingerprint density at radius 3 is 1.75 bits per heavy atom. The Bertz CT molecular complexity index is 531. The summed E-state index contributed by atoms with van der Waals surface area (Å²) in [6.07, 6.45) is 0.0298. The first kappa shape index (κ1) is 19.5. The summed E-state index contributed by atoms with van der Waals surface area (Å²) in [5.41, 5.74) is -2.79. The van der Waals surface area contributed by atoms with Gasteiger partial charge >= 0.3 is 0 Å². The third-order valence-corrected chi connectivity index (χ3v) is 5.18. The third-order valence-electron chi connectivity index (χ3n) is 5.18. The number of hydroxylamine groups is 4. The molecule has 2 aliphatic heterocycles. The van der Waals surface area contributed by atoms with E-state index in [1.54, 1.807) is 32.8 Å². The summed E-state index contributed by atoms with van der Waals surface area (Å²) in [6.45, 7) is 14.8. The SMILES string of the molecule is CC1(C)CC(=O)CC(C)(C)N1OC1C(=O)CC(C)(C)N([O])C1(C)C. The van der Waals surface area contributed by atoms with Gasteiger partial charge in [-0.3, -0.25) is 14.4 Å². The van der Waals surface area contributed by atoms with Gasteiger partial charge in [-0.05, 0) is 55.4 Å². The fraction of sp³-hybridized carbons (Fsp3) is 0.889. The number of piperidine rings is 2. The molecule has 2 fully saturated rings. The number of hydrogen-bond acceptors (Lipinski definition) is 5. The summed E-state index contributed by atoms with van der Waals surface area (Å²) in [4.78, 5) is 31.0. The van der Waals surface area contributed by atoms with Gasteiger partial charge in [0.1, 0.15) is 5.78 Å². The van der Waals surface area contributed by atoms with Gasteiger partial charge in [0.25, 0.3) is 0 Å². The van der Waals surface area contributed by atoms with Crippen molar-refractivity contribution >= 4 is 11.6 Å². The van der Waals surface area contributed by atoms with E-state index in [1.165, 1.54) is 0 Å². The summed E-state index contributed by atoms with van der Waals surface area (Å²) in [7, 11) is 0. The van der Waals surface area contributed by atoms with Gasteiger partial charge in [0, 0.05) is 30.3 Å². The Hall–Kier alpha value is -0.820. The van der Waals surface area contributed by atoms with E-state index < -0.39 is 28.3 Å². The van der Waals surface area contributed by atoms with Gasteiger partial charge in [0.05, 0.1) is 11.1 Å². The molecule has 0 aromatic carbocycles. The van der Waals surface area contributed by atoms with Crippen LogP contribution >= 0.6 is 0 Å². The molecule has 6 heteroatoms. The van der Waals surface area contributed by atoms with Crippen LogP contribution in [0.1, 0.15) is 74.7 Å². The molecule has 0 N–H and O–H groups in total. The number of Topliss-reactive ketones (excluding diaryl/α,β-unsaturated/α-hetero) is 2. The van der Waals surface area contributed by atoms with Crippen LogP contribution in [0.5, 0.6) is 0 Å². The van der Waals surface area contributed by atoms with E-state index in [4.69, 9.17) is 4.84 Å². The van der Waals surface area contributed by atoms with Crippen molar-refractivity contribution in [3.05, 3.63) is 0 Å². The average Bonchev–Trinajstić information content (AvgIpc) is 2.32. The summed E-state index contributed by atoms with van der Waals surface area (Å²) >= 11 is 0. The molecule has 1 unspecified atom stereocenters. The summed E-state index contributed by atoms with van der Waals surface area (Å²) in [5.74, 6) is 0.117. The Morgan fingerprint density at radius 2 is 1.29 bits per heavy atom. The molecular weight excluding hydrogens is 308 g/mol. The van der Waals surface area contributed by atoms with Gasteiger partial charge in [-0.1, -0.05) is 0 Å². The van der Waals surface area contributed by atoms with Crippen LogP contribution in [-0.2, 0) is 19.6 Å². The minimum atomic E-state index is -0.980. The molecule has 2 heterocycles. The van der Waals surface area contributed by atoms with Crippen LogP contribution < -0.4 is 0 Å². The highest BCUT2D eigenvalue weighted by molar-refractivity contribution is 5.86. The molecule has 6 nitrogen and oxygen atoms in total. The predicted molar refractivity (Wildman–Crippen MR) is 89.4 cm³/mol. The molecule has 0 spiro atoms. The zero-order valence-electron chi connectivity index (χ0n) is 16.2. The maximum atomic E-state index is 12.8. The maximum Gasteiger partial charge on any atom is 0.167 e. The van der Waals surface area contributed by atoms with E-state index in [1.807, 2.05) is 27.7 Å². The van der Waals surface area contributed by atoms with E-state index in [2.05, 4.69) is 0 Å². The second-order valence-electron chi connectivity index (χ2n) is 9.70. The van der Waals surface area contributed by atoms with Crippen molar-refractivity contribution in [2.75, 3.05) is 0 Å². The summed E-state index contributed by atoms with van der Waals surface area (Å²) < 4.78 is 0. The lowest BCUT2D eigenvalue weighted by molar-refractivity contribution is -0.354. The molecule has 1 radical (unpaired) electrons. The number of hydrogen-bond donors (Lipinski definition) is 0. The van der Waals surface area contributed by atoms with Crippen LogP contribution in [0.2, 0.25) is 0 Å². The first-order valence-corrected chi connectivity index (χ1v) is 8.60. The molecule has 2 aliphatic rings. The molecule has 2 rings (SSSR count). The van der Waals surface area contributed by atoms with E-state index in [0.717, 1.165) is 5.06 Å². The maximum absolute atomic E-state index is 12.8. The highest BCUT2D eigenvalue weighted by Gasteiger charge is 2.56. The summed E-state index contributed by atoms with van der Waals surface area (Å²) in [5, 5.41) is 15.5. The number of rotatable bonds is 2. The second-order valence-corrected chi connectivity index (χ2v) is 9.70. The van der Waals surface area contributed by atoms with Crippen LogP contribution in [-0.4, -0.2) is 50.0 Å². The van der Waals surface area contributed by atoms with E-state index >= 15 is 0 Å². The average molecular weight is 339 g/mol. The Morgan fingerprint density at radius 1 is 0.833 bits per heavy atom. The smallest absolute Gasteiger partial charge is 0.167 e. The van der Waals surface area contributed by atoms with Gasteiger partial charge in [0.2, 0.25) is 0 Å². The zero-order valence-corrected chi connectivity index (χ0v) is 16.2. The minimum absolute atomic E-state index is 0.0689. The molecule has 0 aromatic heterocycles. The quantitative estimate of drug-likeness (QED) is 0.773. The van der Waals surface area contributed by atoms with Crippen molar-refractivity contribution in [1.29, 1.82) is 0 Å². The van der Waals surface area contributed by atoms with Gasteiger partial charge in [-0.25, -0.2) is 0 Å². The highest BCUT2D eigenvalue weighted by Crippen LogP contribution is 2.42. The van der Waals surface area contributed by atoms with Crippen molar-refractivity contribution in [2.45, 2.75) is 103 Å². The zero-order chi connectivity index (χ0) is 18.7. The minimum Gasteiger partial charge on any atom is -0.300 e. The Labute approximate surface area is 145 Å². The standard InChI is InChI=1S/C18H31N2O4/c1-15(2)11-13(22)14(18(7,8)19(15)23)24-20-16(3,4)9-12(21)10-17(20,5)6/h14H,9-11H2,1-8H3. The van der Waals surface area contributed by atoms with Gasteiger partial charge in [-0.2, -0.15) is 5.06 Å². The van der Waals surface area contributed by atoms with Crippen molar-refractivity contribution in [2.24, 2.45) is 0 Å². The Kier molecular flexibility index (Phi) is 4.54.